The van der Waals surface area contributed by atoms with Crippen molar-refractivity contribution in [3.05, 3.63) is 34.9 Å². The van der Waals surface area contributed by atoms with E-state index in [1.807, 2.05) is 12.1 Å². The molecule has 2 unspecified atom stereocenters. The molecule has 6 heteroatoms. The van der Waals surface area contributed by atoms with E-state index in [0.29, 0.717) is 17.6 Å². The van der Waals surface area contributed by atoms with Crippen molar-refractivity contribution in [2.45, 2.75) is 19.3 Å². The lowest BCUT2D eigenvalue weighted by Gasteiger charge is -2.35. The number of benzene rings is 1. The summed E-state index contributed by atoms with van der Waals surface area (Å²) in [7, 11) is -1.18. The summed E-state index contributed by atoms with van der Waals surface area (Å²) >= 11 is 5.97. The molecular formula is C16H24ClN2O2S+. The van der Waals surface area contributed by atoms with Crippen molar-refractivity contribution < 1.29 is 13.9 Å². The highest BCUT2D eigenvalue weighted by Crippen LogP contribution is 2.30. The van der Waals surface area contributed by atoms with Crippen LogP contribution in [0.4, 0.5) is 0 Å². The van der Waals surface area contributed by atoms with E-state index in [1.165, 1.54) is 10.5 Å². The molecule has 3 N–H and O–H groups in total. The van der Waals surface area contributed by atoms with Crippen LogP contribution in [0.15, 0.2) is 24.3 Å². The van der Waals surface area contributed by atoms with E-state index in [4.69, 9.17) is 17.3 Å². The number of hydrogen-bond donors (Lipinski definition) is 2. The third kappa shape index (κ3) is 4.80. The van der Waals surface area contributed by atoms with Crippen LogP contribution in [-0.2, 0) is 15.6 Å². The third-order valence-electron chi connectivity index (χ3n) is 4.43. The zero-order valence-corrected chi connectivity index (χ0v) is 14.5. The molecule has 22 heavy (non-hydrogen) atoms. The summed E-state index contributed by atoms with van der Waals surface area (Å²) in [5.74, 6) is 0.705. The molecule has 1 heterocycles. The van der Waals surface area contributed by atoms with Crippen LogP contribution < -0.4 is 10.6 Å². The fraction of sp³-hybridized carbons (Fsp3) is 0.562. The van der Waals surface area contributed by atoms with Crippen molar-refractivity contribution in [3.63, 3.8) is 0 Å². The molecule has 0 radical (unpaired) electrons. The Labute approximate surface area is 139 Å². The quantitative estimate of drug-likeness (QED) is 0.793. The molecule has 122 valence electrons. The zero-order chi connectivity index (χ0) is 16.1. The molecule has 0 saturated carbocycles. The molecule has 1 fully saturated rings. The number of halogens is 1. The SMILES string of the molecule is CC[NH+]1CC[C@H](c2ccc(Cl)cc2)[C@@H](CS(=O)CC(N)=O)C1. The summed E-state index contributed by atoms with van der Waals surface area (Å²) in [5.41, 5.74) is 6.41. The molecule has 4 atom stereocenters. The molecule has 0 aliphatic carbocycles. The first-order chi connectivity index (χ1) is 10.5. The fourth-order valence-corrected chi connectivity index (χ4v) is 4.70. The molecule has 0 aromatic heterocycles. The average Bonchev–Trinajstić information content (AvgIpc) is 2.47. The predicted molar refractivity (Wildman–Crippen MR) is 90.6 cm³/mol. The highest BCUT2D eigenvalue weighted by atomic mass is 35.5. The molecule has 4 nitrogen and oxygen atoms in total. The van der Waals surface area contributed by atoms with E-state index in [2.05, 4.69) is 19.1 Å². The second kappa shape index (κ2) is 8.09. The lowest BCUT2D eigenvalue weighted by Crippen LogP contribution is -3.13. The number of carbonyl (C=O) groups excluding carboxylic acids is 1. The van der Waals surface area contributed by atoms with Gasteiger partial charge in [0.1, 0.15) is 5.75 Å². The molecule has 0 spiro atoms. The monoisotopic (exact) mass is 343 g/mol. The molecule has 1 aliphatic rings. The Morgan fingerprint density at radius 1 is 1.41 bits per heavy atom. The molecule has 1 aromatic rings. The number of nitrogens with two attached hydrogens (primary N) is 1. The number of carbonyl (C=O) groups is 1. The number of amides is 1. The van der Waals surface area contributed by atoms with Gasteiger partial charge >= 0.3 is 0 Å². The second-order valence-electron chi connectivity index (χ2n) is 5.98. The van der Waals surface area contributed by atoms with Gasteiger partial charge in [-0.3, -0.25) is 9.00 Å². The smallest absolute Gasteiger partial charge is 0.230 e. The van der Waals surface area contributed by atoms with E-state index >= 15 is 0 Å². The van der Waals surface area contributed by atoms with Gasteiger partial charge in [0.2, 0.25) is 5.91 Å². The molecule has 1 amide bonds. The molecule has 1 saturated heterocycles. The van der Waals surface area contributed by atoms with Gasteiger partial charge in [-0.1, -0.05) is 23.7 Å². The van der Waals surface area contributed by atoms with Crippen molar-refractivity contribution in [2.24, 2.45) is 11.7 Å². The molecule has 2 rings (SSSR count). The van der Waals surface area contributed by atoms with Gasteiger partial charge in [-0.05, 0) is 30.5 Å². The predicted octanol–water partition coefficient (Wildman–Crippen LogP) is 0.582. The van der Waals surface area contributed by atoms with Gasteiger partial charge < -0.3 is 10.6 Å². The summed E-state index contributed by atoms with van der Waals surface area (Å²) < 4.78 is 12.1. The summed E-state index contributed by atoms with van der Waals surface area (Å²) in [6.07, 6.45) is 1.07. The van der Waals surface area contributed by atoms with E-state index < -0.39 is 16.7 Å². The first-order valence-electron chi connectivity index (χ1n) is 7.72. The number of piperidine rings is 1. The maximum absolute atomic E-state index is 12.1. The topological polar surface area (TPSA) is 64.6 Å². The van der Waals surface area contributed by atoms with Crippen LogP contribution in [0.3, 0.4) is 0 Å². The van der Waals surface area contributed by atoms with E-state index in [9.17, 15) is 9.00 Å². The van der Waals surface area contributed by atoms with Crippen molar-refractivity contribution >= 4 is 28.3 Å². The van der Waals surface area contributed by atoms with Gasteiger partial charge in [-0.2, -0.15) is 0 Å². The highest BCUT2D eigenvalue weighted by molar-refractivity contribution is 7.85. The Hall–Kier alpha value is -0.910. The van der Waals surface area contributed by atoms with Crippen LogP contribution in [0, 0.1) is 5.92 Å². The maximum Gasteiger partial charge on any atom is 0.230 e. The minimum atomic E-state index is -1.18. The number of hydrogen-bond acceptors (Lipinski definition) is 2. The molecule has 1 aliphatic heterocycles. The van der Waals surface area contributed by atoms with Crippen LogP contribution in [0.25, 0.3) is 0 Å². The van der Waals surface area contributed by atoms with Crippen molar-refractivity contribution in [2.75, 3.05) is 31.1 Å². The highest BCUT2D eigenvalue weighted by Gasteiger charge is 2.33. The minimum absolute atomic E-state index is 0.0364. The fourth-order valence-electron chi connectivity index (χ4n) is 3.31. The first kappa shape index (κ1) is 17.4. The Kier molecular flexibility index (Phi) is 6.41. The van der Waals surface area contributed by atoms with Crippen molar-refractivity contribution in [1.29, 1.82) is 0 Å². The number of likely N-dealkylation sites (tertiary alicyclic amines) is 1. The number of nitrogens with one attached hydrogen (secondary N) is 1. The molecule has 1 aromatic carbocycles. The Morgan fingerprint density at radius 2 is 2.09 bits per heavy atom. The summed E-state index contributed by atoms with van der Waals surface area (Å²) in [4.78, 5) is 12.5. The second-order valence-corrected chi connectivity index (χ2v) is 7.92. The number of primary amides is 1. The average molecular weight is 344 g/mol. The molecular weight excluding hydrogens is 320 g/mol. The van der Waals surface area contributed by atoms with E-state index in [0.717, 1.165) is 31.1 Å². The standard InChI is InChI=1S/C16H23ClN2O2S/c1-2-19-8-7-15(12-3-5-14(17)6-4-12)13(9-19)10-22(21)11-16(18)20/h3-6,13,15H,2,7-11H2,1H3,(H2,18,20)/p+1/t13-,15-,22?/m1/s1. The van der Waals surface area contributed by atoms with Gasteiger partial charge in [0.15, 0.2) is 0 Å². The van der Waals surface area contributed by atoms with Crippen LogP contribution in [-0.4, -0.2) is 41.3 Å². The summed E-state index contributed by atoms with van der Waals surface area (Å²) in [5, 5.41) is 0.731. The van der Waals surface area contributed by atoms with Crippen molar-refractivity contribution in [1.82, 2.24) is 0 Å². The van der Waals surface area contributed by atoms with E-state index in [-0.39, 0.29) is 5.75 Å². The largest absolute Gasteiger partial charge is 0.369 e. The van der Waals surface area contributed by atoms with Gasteiger partial charge in [0.05, 0.1) is 19.6 Å². The third-order valence-corrected chi connectivity index (χ3v) is 6.09. The van der Waals surface area contributed by atoms with Gasteiger partial charge in [0.25, 0.3) is 0 Å². The van der Waals surface area contributed by atoms with Gasteiger partial charge in [-0.25, -0.2) is 0 Å². The minimum Gasteiger partial charge on any atom is -0.369 e. The Morgan fingerprint density at radius 3 is 2.68 bits per heavy atom. The van der Waals surface area contributed by atoms with E-state index in [1.54, 1.807) is 0 Å². The summed E-state index contributed by atoms with van der Waals surface area (Å²) in [6, 6.07) is 7.95. The summed E-state index contributed by atoms with van der Waals surface area (Å²) in [6.45, 7) is 5.37. The maximum atomic E-state index is 12.1. The first-order valence-corrected chi connectivity index (χ1v) is 9.58. The van der Waals surface area contributed by atoms with Crippen LogP contribution in [0.5, 0.6) is 0 Å². The van der Waals surface area contributed by atoms with Crippen LogP contribution in [0.1, 0.15) is 24.8 Å². The zero-order valence-electron chi connectivity index (χ0n) is 12.9. The lowest BCUT2D eigenvalue weighted by atomic mass is 9.81. The Balaban J connectivity index is 2.12. The van der Waals surface area contributed by atoms with Gasteiger partial charge in [0, 0.05) is 33.9 Å². The molecule has 0 bridgehead atoms. The number of quaternary nitrogens is 1. The van der Waals surface area contributed by atoms with Crippen molar-refractivity contribution in [3.8, 4) is 0 Å². The Bertz CT molecular complexity index is 535. The van der Waals surface area contributed by atoms with Crippen LogP contribution >= 0.6 is 11.6 Å². The number of rotatable bonds is 6. The van der Waals surface area contributed by atoms with Gasteiger partial charge in [-0.15, -0.1) is 0 Å². The lowest BCUT2D eigenvalue weighted by molar-refractivity contribution is -0.907. The normalized spacial score (nSPS) is 26.5. The van der Waals surface area contributed by atoms with Crippen LogP contribution in [0.2, 0.25) is 5.02 Å².